The maximum atomic E-state index is 12.2. The van der Waals surface area contributed by atoms with Crippen LogP contribution >= 0.6 is 0 Å². The average Bonchev–Trinajstić information content (AvgIpc) is 3.06. The van der Waals surface area contributed by atoms with Crippen molar-refractivity contribution < 1.29 is 14.3 Å². The Hall–Kier alpha value is -3.22. The number of aromatic nitrogens is 2. The second kappa shape index (κ2) is 6.59. The van der Waals surface area contributed by atoms with Gasteiger partial charge in [0.1, 0.15) is 12.9 Å². The Morgan fingerprint density at radius 3 is 2.88 bits per heavy atom. The van der Waals surface area contributed by atoms with Crippen LogP contribution in [0.15, 0.2) is 35.4 Å². The van der Waals surface area contributed by atoms with Gasteiger partial charge >= 0.3 is 0 Å². The summed E-state index contributed by atoms with van der Waals surface area (Å²) in [6.45, 7) is 0.340. The first-order chi connectivity index (χ1) is 12.7. The summed E-state index contributed by atoms with van der Waals surface area (Å²) in [5.74, 6) is 0.482. The third-order valence-electron chi connectivity index (χ3n) is 4.64. The van der Waals surface area contributed by atoms with Crippen LogP contribution in [-0.4, -0.2) is 34.8 Å². The van der Waals surface area contributed by atoms with Crippen molar-refractivity contribution in [2.45, 2.75) is 25.3 Å². The van der Waals surface area contributed by atoms with E-state index in [0.717, 1.165) is 29.0 Å². The van der Waals surface area contributed by atoms with Gasteiger partial charge in [0.15, 0.2) is 0 Å². The van der Waals surface area contributed by atoms with E-state index in [1.54, 1.807) is 18.5 Å². The molecule has 4 rings (SSSR count). The number of nitrogens with zero attached hydrogens (tertiary/aromatic N) is 1. The van der Waals surface area contributed by atoms with Gasteiger partial charge in [0.2, 0.25) is 11.8 Å². The van der Waals surface area contributed by atoms with Crippen LogP contribution in [0.4, 0.5) is 0 Å². The number of hydrogen-bond acceptors (Lipinski definition) is 5. The molecule has 1 aliphatic heterocycles. The van der Waals surface area contributed by atoms with E-state index in [9.17, 15) is 14.4 Å². The Balaban J connectivity index is 1.77. The minimum atomic E-state index is -0.204. The molecule has 3 heterocycles. The number of hydrogen-bond donors (Lipinski definition) is 2. The fourth-order valence-electron chi connectivity index (χ4n) is 3.31. The van der Waals surface area contributed by atoms with Gasteiger partial charge in [0.05, 0.1) is 6.04 Å². The molecule has 1 aliphatic rings. The van der Waals surface area contributed by atoms with Crippen LogP contribution in [0.3, 0.4) is 0 Å². The number of benzene rings is 1. The number of carbonyl (C=O) groups is 2. The molecule has 7 nitrogen and oxygen atoms in total. The van der Waals surface area contributed by atoms with Gasteiger partial charge in [-0.1, -0.05) is 0 Å². The topological polar surface area (TPSA) is 101 Å². The number of aromatic amines is 1. The highest BCUT2D eigenvalue weighted by atomic mass is 16.5. The molecule has 0 saturated carbocycles. The molecule has 2 aromatic heterocycles. The third kappa shape index (κ3) is 2.92. The van der Waals surface area contributed by atoms with Gasteiger partial charge in [-0.3, -0.25) is 9.59 Å². The monoisotopic (exact) mass is 351 g/mol. The molecular weight excluding hydrogens is 334 g/mol. The van der Waals surface area contributed by atoms with E-state index in [4.69, 9.17) is 4.74 Å². The van der Waals surface area contributed by atoms with Gasteiger partial charge in [0, 0.05) is 36.0 Å². The van der Waals surface area contributed by atoms with Crippen LogP contribution in [0.2, 0.25) is 0 Å². The summed E-state index contributed by atoms with van der Waals surface area (Å²) in [6.07, 6.45) is 5.46. The zero-order valence-electron chi connectivity index (χ0n) is 14.0. The number of rotatable bonds is 5. The average molecular weight is 351 g/mol. The summed E-state index contributed by atoms with van der Waals surface area (Å²) in [5.41, 5.74) is 0.541. The maximum absolute atomic E-state index is 12.2. The van der Waals surface area contributed by atoms with Gasteiger partial charge in [-0.05, 0) is 41.0 Å². The van der Waals surface area contributed by atoms with Crippen LogP contribution in [-0.2, 0) is 16.0 Å². The zero-order chi connectivity index (χ0) is 18.1. The Bertz CT molecular complexity index is 1070. The highest BCUT2D eigenvalue weighted by Crippen LogP contribution is 2.28. The van der Waals surface area contributed by atoms with Crippen molar-refractivity contribution >= 4 is 33.7 Å². The number of H-pyrrole nitrogens is 1. The van der Waals surface area contributed by atoms with Crippen molar-refractivity contribution in [2.24, 2.45) is 0 Å². The molecule has 132 valence electrons. The first-order valence-corrected chi connectivity index (χ1v) is 8.44. The number of amides is 1. The molecule has 0 unspecified atom stereocenters. The van der Waals surface area contributed by atoms with Crippen LogP contribution < -0.4 is 15.6 Å². The minimum absolute atomic E-state index is 0.0199. The molecule has 1 saturated heterocycles. The lowest BCUT2D eigenvalue weighted by molar-refractivity contribution is -0.119. The summed E-state index contributed by atoms with van der Waals surface area (Å²) >= 11 is 0. The fourth-order valence-corrected chi connectivity index (χ4v) is 3.31. The van der Waals surface area contributed by atoms with Crippen molar-refractivity contribution in [1.29, 1.82) is 0 Å². The lowest BCUT2D eigenvalue weighted by Gasteiger charge is -2.13. The van der Waals surface area contributed by atoms with Crippen LogP contribution in [0.1, 0.15) is 18.4 Å². The van der Waals surface area contributed by atoms with E-state index in [-0.39, 0.29) is 23.9 Å². The van der Waals surface area contributed by atoms with Gasteiger partial charge in [-0.25, -0.2) is 4.98 Å². The number of nitrogens with one attached hydrogen (secondary N) is 2. The first-order valence-electron chi connectivity index (χ1n) is 8.44. The van der Waals surface area contributed by atoms with Gasteiger partial charge in [-0.15, -0.1) is 0 Å². The molecule has 1 atom stereocenters. The van der Waals surface area contributed by atoms with Crippen LogP contribution in [0.5, 0.6) is 5.88 Å². The molecular formula is C19H17N3O4. The molecule has 0 spiro atoms. The molecule has 0 aliphatic carbocycles. The van der Waals surface area contributed by atoms with E-state index in [1.165, 1.54) is 0 Å². The summed E-state index contributed by atoms with van der Waals surface area (Å²) in [5, 5.41) is 5.68. The minimum Gasteiger partial charge on any atom is -0.475 e. The predicted molar refractivity (Wildman–Crippen MR) is 96.3 cm³/mol. The molecule has 1 amide bonds. The van der Waals surface area contributed by atoms with E-state index >= 15 is 0 Å². The van der Waals surface area contributed by atoms with Crippen LogP contribution in [0, 0.1) is 0 Å². The smallest absolute Gasteiger partial charge is 0.255 e. The molecule has 2 N–H and O–H groups in total. The van der Waals surface area contributed by atoms with E-state index in [0.29, 0.717) is 29.7 Å². The highest BCUT2D eigenvalue weighted by molar-refractivity contribution is 6.01. The molecule has 0 radical (unpaired) electrons. The second-order valence-corrected chi connectivity index (χ2v) is 6.36. The summed E-state index contributed by atoms with van der Waals surface area (Å²) in [4.78, 5) is 41.4. The summed E-state index contributed by atoms with van der Waals surface area (Å²) < 4.78 is 5.85. The van der Waals surface area contributed by atoms with Crippen molar-refractivity contribution in [3.05, 3.63) is 46.5 Å². The summed E-state index contributed by atoms with van der Waals surface area (Å²) in [6, 6.07) is 5.41. The van der Waals surface area contributed by atoms with Crippen molar-refractivity contribution in [3.63, 3.8) is 0 Å². The number of aldehydes is 1. The Morgan fingerprint density at radius 2 is 2.12 bits per heavy atom. The van der Waals surface area contributed by atoms with E-state index in [2.05, 4.69) is 15.3 Å². The normalized spacial score (nSPS) is 16.8. The molecule has 7 heteroatoms. The Kier molecular flexibility index (Phi) is 4.12. The fraction of sp³-hybridized carbons (Fsp3) is 0.263. The molecule has 1 fully saturated rings. The number of pyridine rings is 2. The van der Waals surface area contributed by atoms with Crippen molar-refractivity contribution in [3.8, 4) is 5.88 Å². The summed E-state index contributed by atoms with van der Waals surface area (Å²) in [7, 11) is 0. The van der Waals surface area contributed by atoms with Crippen molar-refractivity contribution in [2.75, 3.05) is 6.61 Å². The standard InChI is InChI=1S/C19H17N3O4/c23-6-4-12-9-21-18(25)16-7-11-3-5-20-19(15(11)8-14(12)16)26-10-13-1-2-17(24)22-13/h3,5-9,13H,1-2,4,10H2,(H,21,25)(H,22,24)/t13-/m0/s1. The Morgan fingerprint density at radius 1 is 1.23 bits per heavy atom. The van der Waals surface area contributed by atoms with Gasteiger partial charge < -0.3 is 19.8 Å². The largest absolute Gasteiger partial charge is 0.475 e. The Labute approximate surface area is 148 Å². The molecule has 0 bridgehead atoms. The van der Waals surface area contributed by atoms with E-state index < -0.39 is 0 Å². The first kappa shape index (κ1) is 16.3. The number of carbonyl (C=O) groups excluding carboxylic acids is 2. The number of fused-ring (bicyclic) bond motifs is 2. The number of ether oxygens (including phenoxy) is 1. The zero-order valence-corrected chi connectivity index (χ0v) is 14.0. The van der Waals surface area contributed by atoms with Crippen molar-refractivity contribution in [1.82, 2.24) is 15.3 Å². The lowest BCUT2D eigenvalue weighted by atomic mass is 10.0. The molecule has 3 aromatic rings. The maximum Gasteiger partial charge on any atom is 0.255 e. The predicted octanol–water partition coefficient (Wildman–Crippen LogP) is 1.48. The SMILES string of the molecule is O=CCc1c[nH]c(=O)c2cc3ccnc(OC[C@@H]4CCC(=O)N4)c3cc12. The third-order valence-corrected chi connectivity index (χ3v) is 4.64. The lowest BCUT2D eigenvalue weighted by Crippen LogP contribution is -2.31. The highest BCUT2D eigenvalue weighted by Gasteiger charge is 2.21. The van der Waals surface area contributed by atoms with Crippen LogP contribution in [0.25, 0.3) is 21.5 Å². The van der Waals surface area contributed by atoms with Gasteiger partial charge in [0.25, 0.3) is 5.56 Å². The second-order valence-electron chi connectivity index (χ2n) is 6.36. The van der Waals surface area contributed by atoms with E-state index in [1.807, 2.05) is 12.1 Å². The van der Waals surface area contributed by atoms with Gasteiger partial charge in [-0.2, -0.15) is 0 Å². The molecule has 26 heavy (non-hydrogen) atoms. The quantitative estimate of drug-likeness (QED) is 0.535. The molecule has 1 aromatic carbocycles.